The highest BCUT2D eigenvalue weighted by atomic mass is 16.5. The summed E-state index contributed by atoms with van der Waals surface area (Å²) in [6.45, 7) is 4.86. The summed E-state index contributed by atoms with van der Waals surface area (Å²) in [7, 11) is 0. The molecule has 1 heterocycles. The average molecular weight is 203 g/mol. The fourth-order valence-corrected chi connectivity index (χ4v) is 1.78. The SMILES string of the molecule is CC(O)CN1CCOC(C)C1C(=O)O. The third-order valence-electron chi connectivity index (χ3n) is 2.35. The summed E-state index contributed by atoms with van der Waals surface area (Å²) in [6.07, 6.45) is -0.831. The van der Waals surface area contributed by atoms with E-state index in [9.17, 15) is 9.90 Å². The zero-order valence-electron chi connectivity index (χ0n) is 8.51. The van der Waals surface area contributed by atoms with Gasteiger partial charge in [0, 0.05) is 13.1 Å². The van der Waals surface area contributed by atoms with Crippen molar-refractivity contribution in [1.29, 1.82) is 0 Å². The molecule has 0 bridgehead atoms. The van der Waals surface area contributed by atoms with Crippen LogP contribution in [0.2, 0.25) is 0 Å². The number of hydrogen-bond acceptors (Lipinski definition) is 4. The van der Waals surface area contributed by atoms with Crippen LogP contribution in [0.3, 0.4) is 0 Å². The van der Waals surface area contributed by atoms with Gasteiger partial charge in [0.1, 0.15) is 6.04 Å². The molecule has 0 aromatic heterocycles. The topological polar surface area (TPSA) is 70.0 Å². The number of carboxylic acid groups (broad SMARTS) is 1. The average Bonchev–Trinajstić information content (AvgIpc) is 2.01. The van der Waals surface area contributed by atoms with Gasteiger partial charge in [-0.25, -0.2) is 0 Å². The molecular formula is C9H17NO4. The number of β-amino-alcohol motifs (C(OH)–C–C–N with tert-alkyl or cyclic N) is 1. The van der Waals surface area contributed by atoms with E-state index in [4.69, 9.17) is 9.84 Å². The molecule has 5 nitrogen and oxygen atoms in total. The Bertz CT molecular complexity index is 207. The molecule has 82 valence electrons. The van der Waals surface area contributed by atoms with Crippen molar-refractivity contribution in [2.45, 2.75) is 32.1 Å². The summed E-state index contributed by atoms with van der Waals surface area (Å²) in [4.78, 5) is 12.7. The standard InChI is InChI=1S/C9H17NO4/c1-6(11)5-10-3-4-14-7(2)8(10)9(12)13/h6-8,11H,3-5H2,1-2H3,(H,12,13). The molecule has 0 aromatic carbocycles. The minimum absolute atomic E-state index is 0.319. The molecule has 14 heavy (non-hydrogen) atoms. The van der Waals surface area contributed by atoms with Crippen molar-refractivity contribution < 1.29 is 19.7 Å². The maximum absolute atomic E-state index is 11.0. The summed E-state index contributed by atoms with van der Waals surface area (Å²) in [5.41, 5.74) is 0. The molecule has 1 saturated heterocycles. The van der Waals surface area contributed by atoms with Gasteiger partial charge in [0.2, 0.25) is 0 Å². The third kappa shape index (κ3) is 2.67. The first-order valence-corrected chi connectivity index (χ1v) is 4.79. The lowest BCUT2D eigenvalue weighted by molar-refractivity contribution is -0.157. The lowest BCUT2D eigenvalue weighted by atomic mass is 10.1. The van der Waals surface area contributed by atoms with E-state index in [0.29, 0.717) is 19.7 Å². The molecule has 5 heteroatoms. The maximum atomic E-state index is 11.0. The largest absolute Gasteiger partial charge is 0.480 e. The van der Waals surface area contributed by atoms with Crippen LogP contribution >= 0.6 is 0 Å². The van der Waals surface area contributed by atoms with Crippen molar-refractivity contribution >= 4 is 5.97 Å². The second kappa shape index (κ2) is 4.72. The van der Waals surface area contributed by atoms with Gasteiger partial charge in [0.15, 0.2) is 0 Å². The van der Waals surface area contributed by atoms with E-state index in [1.54, 1.807) is 18.7 Å². The summed E-state index contributed by atoms with van der Waals surface area (Å²) in [5.74, 6) is -0.891. The minimum Gasteiger partial charge on any atom is -0.480 e. The fraction of sp³-hybridized carbons (Fsp3) is 0.889. The van der Waals surface area contributed by atoms with Crippen molar-refractivity contribution in [3.05, 3.63) is 0 Å². The Labute approximate surface area is 83.3 Å². The summed E-state index contributed by atoms with van der Waals surface area (Å²) in [6, 6.07) is -0.640. The van der Waals surface area contributed by atoms with E-state index in [1.165, 1.54) is 0 Å². The van der Waals surface area contributed by atoms with Gasteiger partial charge in [0.05, 0.1) is 18.8 Å². The first kappa shape index (κ1) is 11.4. The van der Waals surface area contributed by atoms with E-state index in [1.807, 2.05) is 0 Å². The van der Waals surface area contributed by atoms with E-state index < -0.39 is 18.1 Å². The molecule has 0 saturated carbocycles. The van der Waals surface area contributed by atoms with Crippen LogP contribution in [-0.4, -0.2) is 59.0 Å². The van der Waals surface area contributed by atoms with Gasteiger partial charge in [0.25, 0.3) is 0 Å². The van der Waals surface area contributed by atoms with Gasteiger partial charge < -0.3 is 14.9 Å². The Morgan fingerprint density at radius 2 is 2.36 bits per heavy atom. The second-order valence-corrected chi connectivity index (χ2v) is 3.70. The molecule has 1 aliphatic heterocycles. The van der Waals surface area contributed by atoms with Gasteiger partial charge in [-0.1, -0.05) is 0 Å². The van der Waals surface area contributed by atoms with Crippen LogP contribution in [0.5, 0.6) is 0 Å². The molecule has 3 unspecified atom stereocenters. The maximum Gasteiger partial charge on any atom is 0.323 e. The van der Waals surface area contributed by atoms with Crippen LogP contribution in [0.4, 0.5) is 0 Å². The first-order chi connectivity index (χ1) is 6.52. The second-order valence-electron chi connectivity index (χ2n) is 3.70. The van der Waals surface area contributed by atoms with E-state index in [0.717, 1.165) is 0 Å². The number of aliphatic hydroxyl groups is 1. The van der Waals surface area contributed by atoms with E-state index in [2.05, 4.69) is 0 Å². The Balaban J connectivity index is 2.64. The summed E-state index contributed by atoms with van der Waals surface area (Å²) in [5, 5.41) is 18.2. The van der Waals surface area contributed by atoms with Gasteiger partial charge in [-0.2, -0.15) is 0 Å². The highest BCUT2D eigenvalue weighted by molar-refractivity contribution is 5.74. The van der Waals surface area contributed by atoms with Crippen LogP contribution in [0.1, 0.15) is 13.8 Å². The predicted octanol–water partition coefficient (Wildman–Crippen LogP) is -0.459. The van der Waals surface area contributed by atoms with Gasteiger partial charge in [-0.15, -0.1) is 0 Å². The Morgan fingerprint density at radius 3 is 2.86 bits per heavy atom. The van der Waals surface area contributed by atoms with Crippen LogP contribution in [0.25, 0.3) is 0 Å². The van der Waals surface area contributed by atoms with Gasteiger partial charge in [-0.3, -0.25) is 9.69 Å². The number of aliphatic hydroxyl groups excluding tert-OH is 1. The number of morpholine rings is 1. The van der Waals surface area contributed by atoms with E-state index >= 15 is 0 Å². The van der Waals surface area contributed by atoms with Crippen LogP contribution < -0.4 is 0 Å². The van der Waals surface area contributed by atoms with Crippen LogP contribution in [0.15, 0.2) is 0 Å². The first-order valence-electron chi connectivity index (χ1n) is 4.79. The smallest absolute Gasteiger partial charge is 0.323 e. The van der Waals surface area contributed by atoms with Crippen molar-refractivity contribution in [1.82, 2.24) is 4.90 Å². The van der Waals surface area contributed by atoms with Gasteiger partial charge in [-0.05, 0) is 13.8 Å². The lowest BCUT2D eigenvalue weighted by Gasteiger charge is -2.37. The Morgan fingerprint density at radius 1 is 1.71 bits per heavy atom. The molecule has 1 rings (SSSR count). The summed E-state index contributed by atoms with van der Waals surface area (Å²) < 4.78 is 5.26. The highest BCUT2D eigenvalue weighted by Crippen LogP contribution is 2.14. The van der Waals surface area contributed by atoms with Crippen molar-refractivity contribution in [2.75, 3.05) is 19.7 Å². The molecule has 0 aliphatic carbocycles. The molecular weight excluding hydrogens is 186 g/mol. The molecule has 2 N–H and O–H groups in total. The molecule has 3 atom stereocenters. The third-order valence-corrected chi connectivity index (χ3v) is 2.35. The number of nitrogens with zero attached hydrogens (tertiary/aromatic N) is 1. The molecule has 0 aromatic rings. The number of ether oxygens (including phenoxy) is 1. The molecule has 0 radical (unpaired) electrons. The van der Waals surface area contributed by atoms with Gasteiger partial charge >= 0.3 is 5.97 Å². The van der Waals surface area contributed by atoms with Crippen LogP contribution in [-0.2, 0) is 9.53 Å². The Kier molecular flexibility index (Phi) is 3.86. The van der Waals surface area contributed by atoms with Crippen molar-refractivity contribution in [2.24, 2.45) is 0 Å². The number of rotatable bonds is 3. The lowest BCUT2D eigenvalue weighted by Crippen LogP contribution is -2.55. The zero-order chi connectivity index (χ0) is 10.7. The molecule has 0 amide bonds. The number of aliphatic carboxylic acids is 1. The normalized spacial score (nSPS) is 31.4. The number of hydrogen-bond donors (Lipinski definition) is 2. The van der Waals surface area contributed by atoms with Crippen molar-refractivity contribution in [3.8, 4) is 0 Å². The highest BCUT2D eigenvalue weighted by Gasteiger charge is 2.35. The molecule has 1 fully saturated rings. The van der Waals surface area contributed by atoms with Crippen LogP contribution in [0, 0.1) is 0 Å². The number of carboxylic acids is 1. The fourth-order valence-electron chi connectivity index (χ4n) is 1.78. The van der Waals surface area contributed by atoms with E-state index in [-0.39, 0.29) is 6.10 Å². The molecule has 1 aliphatic rings. The summed E-state index contributed by atoms with van der Waals surface area (Å²) >= 11 is 0. The number of carbonyl (C=O) groups is 1. The quantitative estimate of drug-likeness (QED) is 0.649. The van der Waals surface area contributed by atoms with Crippen molar-refractivity contribution in [3.63, 3.8) is 0 Å². The zero-order valence-corrected chi connectivity index (χ0v) is 8.51. The monoisotopic (exact) mass is 203 g/mol. The Hall–Kier alpha value is -0.650. The predicted molar refractivity (Wildman–Crippen MR) is 50.1 cm³/mol. The molecule has 0 spiro atoms. The minimum atomic E-state index is -0.891.